The predicted octanol–water partition coefficient (Wildman–Crippen LogP) is 1.95. The molecule has 1 aliphatic rings. The van der Waals surface area contributed by atoms with Gasteiger partial charge < -0.3 is 9.64 Å². The molecule has 1 aromatic rings. The van der Waals surface area contributed by atoms with Crippen molar-refractivity contribution in [3.8, 4) is 0 Å². The molecule has 0 saturated carbocycles. The molecule has 0 bridgehead atoms. The van der Waals surface area contributed by atoms with Crippen LogP contribution in [-0.4, -0.2) is 23.9 Å². The van der Waals surface area contributed by atoms with Crippen LogP contribution in [-0.2, 0) is 16.1 Å². The minimum Gasteiger partial charge on any atom is -0.497 e. The number of rotatable bonds is 5. The molecule has 1 aliphatic heterocycles. The van der Waals surface area contributed by atoms with Crippen molar-refractivity contribution < 1.29 is 9.53 Å². The average Bonchev–Trinajstić information content (AvgIpc) is 2.33. The van der Waals surface area contributed by atoms with Crippen molar-refractivity contribution in [3.63, 3.8) is 0 Å². The van der Waals surface area contributed by atoms with E-state index in [1.54, 1.807) is 11.2 Å². The van der Waals surface area contributed by atoms with Crippen LogP contribution >= 0.6 is 0 Å². The summed E-state index contributed by atoms with van der Waals surface area (Å²) in [4.78, 5) is 12.8. The van der Waals surface area contributed by atoms with Gasteiger partial charge in [0.15, 0.2) is 0 Å². The Hall–Kier alpha value is -1.77. The number of amides is 1. The minimum absolute atomic E-state index is 0.229. The van der Waals surface area contributed by atoms with Gasteiger partial charge in [0.05, 0.1) is 6.26 Å². The second-order valence-corrected chi connectivity index (χ2v) is 3.76. The fourth-order valence-corrected chi connectivity index (χ4v) is 1.51. The van der Waals surface area contributed by atoms with Crippen molar-refractivity contribution in [3.05, 3.63) is 48.2 Å². The minimum atomic E-state index is 0.229. The van der Waals surface area contributed by atoms with Crippen LogP contribution in [0.1, 0.15) is 12.0 Å². The highest BCUT2D eigenvalue weighted by molar-refractivity contribution is 5.81. The molecule has 2 rings (SSSR count). The predicted molar refractivity (Wildman–Crippen MR) is 61.6 cm³/mol. The lowest BCUT2D eigenvalue weighted by atomic mass is 10.2. The summed E-state index contributed by atoms with van der Waals surface area (Å²) in [5.41, 5.74) is 1.15. The Kier molecular flexibility index (Phi) is 3.59. The van der Waals surface area contributed by atoms with Gasteiger partial charge in [0.1, 0.15) is 6.61 Å². The van der Waals surface area contributed by atoms with Crippen LogP contribution in [0.15, 0.2) is 42.7 Å². The summed E-state index contributed by atoms with van der Waals surface area (Å²) in [5.74, 6) is 0.229. The normalized spacial score (nSPS) is 15.2. The van der Waals surface area contributed by atoms with Crippen LogP contribution in [0.3, 0.4) is 0 Å². The zero-order valence-electron chi connectivity index (χ0n) is 9.13. The zero-order valence-corrected chi connectivity index (χ0v) is 9.13. The molecule has 1 aromatic carbocycles. The maximum absolute atomic E-state index is 11.0. The Bertz CT molecular complexity index is 373. The standard InChI is InChI=1S/C13H15NO2/c15-13-7-9-14(13)8-4-10-16-11-12-5-2-1-3-6-12/h1-6,10H,7-9,11H2. The number of carbonyl (C=O) groups is 1. The third-order valence-electron chi connectivity index (χ3n) is 2.56. The number of benzene rings is 1. The van der Waals surface area contributed by atoms with Gasteiger partial charge in [-0.2, -0.15) is 0 Å². The topological polar surface area (TPSA) is 29.5 Å². The monoisotopic (exact) mass is 217 g/mol. The fourth-order valence-electron chi connectivity index (χ4n) is 1.51. The van der Waals surface area contributed by atoms with Crippen LogP contribution in [0.4, 0.5) is 0 Å². The first kappa shape index (κ1) is 10.7. The third kappa shape index (κ3) is 2.86. The number of β-lactam (4-membered cyclic amide) rings is 1. The molecule has 0 aromatic heterocycles. The number of nitrogens with zero attached hydrogens (tertiary/aromatic N) is 1. The number of ether oxygens (including phenoxy) is 1. The van der Waals surface area contributed by atoms with Crippen molar-refractivity contribution in [1.82, 2.24) is 4.90 Å². The van der Waals surface area contributed by atoms with E-state index in [0.29, 0.717) is 19.6 Å². The molecule has 1 amide bonds. The van der Waals surface area contributed by atoms with Gasteiger partial charge in [-0.3, -0.25) is 4.79 Å². The van der Waals surface area contributed by atoms with Crippen LogP contribution in [0.5, 0.6) is 0 Å². The quantitative estimate of drug-likeness (QED) is 0.557. The molecule has 0 radical (unpaired) electrons. The molecule has 1 saturated heterocycles. The zero-order chi connectivity index (χ0) is 11.2. The second kappa shape index (κ2) is 5.35. The number of carbonyl (C=O) groups excluding carboxylic acids is 1. The Morgan fingerprint density at radius 1 is 1.31 bits per heavy atom. The fraction of sp³-hybridized carbons (Fsp3) is 0.308. The SMILES string of the molecule is O=C1CCN1CC=COCc1ccccc1. The number of hydrogen-bond donors (Lipinski definition) is 0. The molecule has 1 heterocycles. The highest BCUT2D eigenvalue weighted by atomic mass is 16.5. The molecule has 3 nitrogen and oxygen atoms in total. The van der Waals surface area contributed by atoms with Crippen LogP contribution in [0, 0.1) is 0 Å². The lowest BCUT2D eigenvalue weighted by Crippen LogP contribution is -2.43. The molecule has 1 fully saturated rings. The lowest BCUT2D eigenvalue weighted by molar-refractivity contribution is -0.138. The van der Waals surface area contributed by atoms with E-state index in [1.165, 1.54) is 0 Å². The van der Waals surface area contributed by atoms with E-state index in [-0.39, 0.29) is 5.91 Å². The second-order valence-electron chi connectivity index (χ2n) is 3.76. The Labute approximate surface area is 95.3 Å². The van der Waals surface area contributed by atoms with E-state index in [1.807, 2.05) is 36.4 Å². The Balaban J connectivity index is 1.64. The highest BCUT2D eigenvalue weighted by Gasteiger charge is 2.21. The molecular formula is C13H15NO2. The lowest BCUT2D eigenvalue weighted by Gasteiger charge is -2.29. The summed E-state index contributed by atoms with van der Waals surface area (Å²) < 4.78 is 5.36. The third-order valence-corrected chi connectivity index (χ3v) is 2.56. The molecule has 16 heavy (non-hydrogen) atoms. The summed E-state index contributed by atoms with van der Waals surface area (Å²) in [6, 6.07) is 10.00. The Morgan fingerprint density at radius 2 is 2.12 bits per heavy atom. The van der Waals surface area contributed by atoms with Crippen LogP contribution < -0.4 is 0 Å². The van der Waals surface area contributed by atoms with E-state index >= 15 is 0 Å². The highest BCUT2D eigenvalue weighted by Crippen LogP contribution is 2.07. The molecule has 0 atom stereocenters. The first-order chi connectivity index (χ1) is 7.86. The molecule has 84 valence electrons. The number of hydrogen-bond acceptors (Lipinski definition) is 2. The van der Waals surface area contributed by atoms with Crippen molar-refractivity contribution >= 4 is 5.91 Å². The summed E-state index contributed by atoms with van der Waals surface area (Å²) in [6.45, 7) is 2.11. The van der Waals surface area contributed by atoms with E-state index in [4.69, 9.17) is 4.74 Å². The largest absolute Gasteiger partial charge is 0.497 e. The molecule has 0 aliphatic carbocycles. The molecule has 3 heteroatoms. The average molecular weight is 217 g/mol. The molecule has 0 spiro atoms. The first-order valence-corrected chi connectivity index (χ1v) is 5.44. The van der Waals surface area contributed by atoms with Gasteiger partial charge in [-0.15, -0.1) is 0 Å². The van der Waals surface area contributed by atoms with Crippen molar-refractivity contribution in [2.45, 2.75) is 13.0 Å². The maximum Gasteiger partial charge on any atom is 0.224 e. The summed E-state index contributed by atoms with van der Waals surface area (Å²) in [6.07, 6.45) is 4.23. The van der Waals surface area contributed by atoms with Gasteiger partial charge in [0.25, 0.3) is 0 Å². The van der Waals surface area contributed by atoms with Gasteiger partial charge in [-0.05, 0) is 11.6 Å². The van der Waals surface area contributed by atoms with E-state index < -0.39 is 0 Å². The smallest absolute Gasteiger partial charge is 0.224 e. The first-order valence-electron chi connectivity index (χ1n) is 5.44. The molecule has 0 N–H and O–H groups in total. The van der Waals surface area contributed by atoms with Crippen molar-refractivity contribution in [1.29, 1.82) is 0 Å². The maximum atomic E-state index is 11.0. The Morgan fingerprint density at radius 3 is 2.75 bits per heavy atom. The summed E-state index contributed by atoms with van der Waals surface area (Å²) in [7, 11) is 0. The number of likely N-dealkylation sites (tertiary alicyclic amines) is 1. The van der Waals surface area contributed by atoms with Crippen molar-refractivity contribution in [2.75, 3.05) is 13.1 Å². The van der Waals surface area contributed by atoms with Gasteiger partial charge in [0, 0.05) is 19.5 Å². The van der Waals surface area contributed by atoms with E-state index in [0.717, 1.165) is 12.1 Å². The van der Waals surface area contributed by atoms with Gasteiger partial charge in [0.2, 0.25) is 5.91 Å². The van der Waals surface area contributed by atoms with Crippen LogP contribution in [0.25, 0.3) is 0 Å². The van der Waals surface area contributed by atoms with Gasteiger partial charge in [-0.25, -0.2) is 0 Å². The molecule has 0 unspecified atom stereocenters. The van der Waals surface area contributed by atoms with Gasteiger partial charge >= 0.3 is 0 Å². The van der Waals surface area contributed by atoms with E-state index in [2.05, 4.69) is 0 Å². The summed E-state index contributed by atoms with van der Waals surface area (Å²) >= 11 is 0. The van der Waals surface area contributed by atoms with Crippen LogP contribution in [0.2, 0.25) is 0 Å². The van der Waals surface area contributed by atoms with E-state index in [9.17, 15) is 4.79 Å². The van der Waals surface area contributed by atoms with Gasteiger partial charge in [-0.1, -0.05) is 30.3 Å². The van der Waals surface area contributed by atoms with Crippen molar-refractivity contribution in [2.24, 2.45) is 0 Å². The molecular weight excluding hydrogens is 202 g/mol. The summed E-state index contributed by atoms with van der Waals surface area (Å²) in [5, 5.41) is 0.